The SMILES string of the molecule is Cc1nc2cc(-c3nc(Cl)ncc3Cl)ccc2n1COCC[Si](C)(C)C. The Morgan fingerprint density at radius 3 is 2.65 bits per heavy atom. The molecule has 0 spiro atoms. The van der Waals surface area contributed by atoms with Crippen molar-refractivity contribution in [3.05, 3.63) is 40.5 Å². The Hall–Kier alpha value is -1.47. The Morgan fingerprint density at radius 1 is 1.15 bits per heavy atom. The zero-order valence-corrected chi connectivity index (χ0v) is 17.9. The van der Waals surface area contributed by atoms with E-state index in [-0.39, 0.29) is 5.28 Å². The van der Waals surface area contributed by atoms with Crippen molar-refractivity contribution >= 4 is 42.3 Å². The van der Waals surface area contributed by atoms with Crippen LogP contribution in [-0.4, -0.2) is 34.2 Å². The van der Waals surface area contributed by atoms with E-state index in [1.54, 1.807) is 0 Å². The summed E-state index contributed by atoms with van der Waals surface area (Å²) in [6.45, 7) is 10.3. The van der Waals surface area contributed by atoms with Crippen molar-refractivity contribution in [2.24, 2.45) is 0 Å². The Labute approximate surface area is 164 Å². The summed E-state index contributed by atoms with van der Waals surface area (Å²) in [5, 5.41) is 0.626. The molecule has 0 saturated carbocycles. The molecular weight excluding hydrogens is 387 g/mol. The molecule has 0 aliphatic carbocycles. The Balaban J connectivity index is 1.85. The molecule has 0 N–H and O–H groups in total. The van der Waals surface area contributed by atoms with Gasteiger partial charge in [0, 0.05) is 20.2 Å². The van der Waals surface area contributed by atoms with Crippen molar-refractivity contribution in [3.63, 3.8) is 0 Å². The van der Waals surface area contributed by atoms with Crippen molar-refractivity contribution in [1.29, 1.82) is 0 Å². The zero-order valence-electron chi connectivity index (χ0n) is 15.4. The van der Waals surface area contributed by atoms with Crippen LogP contribution in [0.4, 0.5) is 0 Å². The second-order valence-electron chi connectivity index (χ2n) is 7.47. The third kappa shape index (κ3) is 4.43. The fourth-order valence-electron chi connectivity index (χ4n) is 2.64. The molecule has 5 nitrogen and oxygen atoms in total. The number of hydrogen-bond acceptors (Lipinski definition) is 4. The fourth-order valence-corrected chi connectivity index (χ4v) is 3.73. The molecule has 0 amide bonds. The molecule has 1 aromatic carbocycles. The molecule has 0 aliphatic heterocycles. The van der Waals surface area contributed by atoms with Crippen LogP contribution in [0.5, 0.6) is 0 Å². The van der Waals surface area contributed by atoms with Crippen molar-refractivity contribution in [2.75, 3.05) is 6.61 Å². The zero-order chi connectivity index (χ0) is 18.9. The second-order valence-corrected chi connectivity index (χ2v) is 13.8. The molecule has 2 heterocycles. The molecule has 138 valence electrons. The number of imidazole rings is 1. The molecule has 3 aromatic rings. The summed E-state index contributed by atoms with van der Waals surface area (Å²) < 4.78 is 7.97. The van der Waals surface area contributed by atoms with Crippen LogP contribution in [0.1, 0.15) is 5.82 Å². The summed E-state index contributed by atoms with van der Waals surface area (Å²) in [4.78, 5) is 12.8. The van der Waals surface area contributed by atoms with E-state index in [1.807, 2.05) is 25.1 Å². The fraction of sp³-hybridized carbons (Fsp3) is 0.389. The third-order valence-electron chi connectivity index (χ3n) is 4.14. The highest BCUT2D eigenvalue weighted by molar-refractivity contribution is 6.76. The second kappa shape index (κ2) is 7.64. The van der Waals surface area contributed by atoms with E-state index in [4.69, 9.17) is 27.9 Å². The molecule has 0 radical (unpaired) electrons. The van der Waals surface area contributed by atoms with E-state index in [0.717, 1.165) is 35.1 Å². The summed E-state index contributed by atoms with van der Waals surface area (Å²) in [5.74, 6) is 0.914. The van der Waals surface area contributed by atoms with E-state index in [0.29, 0.717) is 17.4 Å². The Bertz CT molecular complexity index is 937. The van der Waals surface area contributed by atoms with Gasteiger partial charge in [-0.25, -0.2) is 15.0 Å². The van der Waals surface area contributed by atoms with E-state index in [2.05, 4.69) is 39.2 Å². The monoisotopic (exact) mass is 408 g/mol. The van der Waals surface area contributed by atoms with E-state index < -0.39 is 8.07 Å². The molecule has 0 saturated heterocycles. The molecule has 8 heteroatoms. The average molecular weight is 409 g/mol. The standard InChI is InChI=1S/C18H22Cl2N4OSi/c1-12-22-15-9-13(17-14(19)10-21-18(20)23-17)5-6-16(15)24(12)11-25-7-8-26(2,3)4/h5-6,9-10H,7-8,11H2,1-4H3. The average Bonchev–Trinajstić information content (AvgIpc) is 2.87. The van der Waals surface area contributed by atoms with Gasteiger partial charge in [-0.1, -0.05) is 37.3 Å². The van der Waals surface area contributed by atoms with Crippen molar-refractivity contribution < 1.29 is 4.74 Å². The van der Waals surface area contributed by atoms with Gasteiger partial charge in [0.1, 0.15) is 12.6 Å². The van der Waals surface area contributed by atoms with Crippen LogP contribution in [0.25, 0.3) is 22.3 Å². The topological polar surface area (TPSA) is 52.8 Å². The molecule has 0 fully saturated rings. The van der Waals surface area contributed by atoms with Crippen molar-refractivity contribution in [3.8, 4) is 11.3 Å². The highest BCUT2D eigenvalue weighted by Crippen LogP contribution is 2.29. The van der Waals surface area contributed by atoms with Gasteiger partial charge in [-0.2, -0.15) is 0 Å². The lowest BCUT2D eigenvalue weighted by Gasteiger charge is -2.16. The summed E-state index contributed by atoms with van der Waals surface area (Å²) in [6, 6.07) is 7.09. The van der Waals surface area contributed by atoms with E-state index in [1.165, 1.54) is 6.20 Å². The van der Waals surface area contributed by atoms with Crippen molar-refractivity contribution in [1.82, 2.24) is 19.5 Å². The van der Waals surface area contributed by atoms with E-state index >= 15 is 0 Å². The molecular formula is C18H22Cl2N4OSi. The summed E-state index contributed by atoms with van der Waals surface area (Å²) in [7, 11) is -1.09. The maximum Gasteiger partial charge on any atom is 0.222 e. The van der Waals surface area contributed by atoms with Gasteiger partial charge in [0.2, 0.25) is 5.28 Å². The number of benzene rings is 1. The van der Waals surface area contributed by atoms with Gasteiger partial charge in [0.15, 0.2) is 0 Å². The van der Waals surface area contributed by atoms with Gasteiger partial charge in [-0.05, 0) is 36.7 Å². The van der Waals surface area contributed by atoms with Gasteiger partial charge in [0.05, 0.1) is 27.9 Å². The minimum absolute atomic E-state index is 0.169. The van der Waals surface area contributed by atoms with Crippen LogP contribution >= 0.6 is 23.2 Å². The lowest BCUT2D eigenvalue weighted by molar-refractivity contribution is 0.0885. The number of aryl methyl sites for hydroxylation is 1. The number of rotatable bonds is 6. The van der Waals surface area contributed by atoms with Crippen LogP contribution < -0.4 is 0 Å². The van der Waals surface area contributed by atoms with Crippen LogP contribution in [0.15, 0.2) is 24.4 Å². The van der Waals surface area contributed by atoms with Crippen LogP contribution in [-0.2, 0) is 11.5 Å². The molecule has 3 rings (SSSR count). The minimum Gasteiger partial charge on any atom is -0.361 e. The quantitative estimate of drug-likeness (QED) is 0.310. The number of nitrogens with zero attached hydrogens (tertiary/aromatic N) is 4. The molecule has 0 unspecified atom stereocenters. The van der Waals surface area contributed by atoms with Gasteiger partial charge in [-0.15, -0.1) is 0 Å². The largest absolute Gasteiger partial charge is 0.361 e. The highest BCUT2D eigenvalue weighted by atomic mass is 35.5. The minimum atomic E-state index is -1.09. The molecule has 26 heavy (non-hydrogen) atoms. The third-order valence-corrected chi connectivity index (χ3v) is 6.31. The predicted molar refractivity (Wildman–Crippen MR) is 110 cm³/mol. The first-order valence-corrected chi connectivity index (χ1v) is 12.9. The van der Waals surface area contributed by atoms with E-state index in [9.17, 15) is 0 Å². The first kappa shape index (κ1) is 19.3. The number of ether oxygens (including phenoxy) is 1. The number of halogens is 2. The predicted octanol–water partition coefficient (Wildman–Crippen LogP) is 5.42. The normalized spacial score (nSPS) is 12.1. The van der Waals surface area contributed by atoms with Gasteiger partial charge >= 0.3 is 0 Å². The Kier molecular flexibility index (Phi) is 5.67. The highest BCUT2D eigenvalue weighted by Gasteiger charge is 2.14. The van der Waals surface area contributed by atoms with Crippen LogP contribution in [0, 0.1) is 6.92 Å². The van der Waals surface area contributed by atoms with Gasteiger partial charge < -0.3 is 9.30 Å². The molecule has 0 bridgehead atoms. The summed E-state index contributed by atoms with van der Waals surface area (Å²) >= 11 is 12.1. The van der Waals surface area contributed by atoms with Gasteiger partial charge in [0.25, 0.3) is 0 Å². The Morgan fingerprint density at radius 2 is 1.92 bits per heavy atom. The number of aromatic nitrogens is 4. The number of hydrogen-bond donors (Lipinski definition) is 0. The number of fused-ring (bicyclic) bond motifs is 1. The smallest absolute Gasteiger partial charge is 0.222 e. The van der Waals surface area contributed by atoms with Crippen molar-refractivity contribution in [2.45, 2.75) is 39.3 Å². The lowest BCUT2D eigenvalue weighted by atomic mass is 10.1. The maximum atomic E-state index is 6.21. The summed E-state index contributed by atoms with van der Waals surface area (Å²) in [6.07, 6.45) is 1.51. The molecule has 0 aliphatic rings. The maximum absolute atomic E-state index is 6.21. The first-order chi connectivity index (χ1) is 12.2. The first-order valence-electron chi connectivity index (χ1n) is 8.48. The summed E-state index contributed by atoms with van der Waals surface area (Å²) in [5.41, 5.74) is 3.36. The lowest BCUT2D eigenvalue weighted by Crippen LogP contribution is -2.22. The van der Waals surface area contributed by atoms with Crippen LogP contribution in [0.2, 0.25) is 36.0 Å². The van der Waals surface area contributed by atoms with Gasteiger partial charge in [-0.3, -0.25) is 0 Å². The van der Waals surface area contributed by atoms with Crippen LogP contribution in [0.3, 0.4) is 0 Å². The molecule has 2 aromatic heterocycles. The molecule has 0 atom stereocenters.